The molecule has 0 saturated carbocycles. The monoisotopic (exact) mass is 392 g/mol. The van der Waals surface area contributed by atoms with Crippen LogP contribution >= 0.6 is 0 Å². The average molecular weight is 391 g/mol. The van der Waals surface area contributed by atoms with Crippen LogP contribution in [0.15, 0.2) is 0 Å². The van der Waals surface area contributed by atoms with E-state index in [4.69, 9.17) is 0 Å². The maximum absolute atomic E-state index is 10.4. The van der Waals surface area contributed by atoms with Gasteiger partial charge in [0, 0.05) is 5.41 Å². The molecule has 0 atom stereocenters. The quantitative estimate of drug-likeness (QED) is 0.321. The van der Waals surface area contributed by atoms with Gasteiger partial charge in [0.1, 0.15) is 0 Å². The Morgan fingerprint density at radius 1 is 0.850 bits per heavy atom. The summed E-state index contributed by atoms with van der Waals surface area (Å²) >= 11 is 0.149. The van der Waals surface area contributed by atoms with Crippen LogP contribution in [0.5, 0.6) is 0 Å². The van der Waals surface area contributed by atoms with Crippen LogP contribution in [0.2, 0.25) is 8.87 Å². The summed E-state index contributed by atoms with van der Waals surface area (Å²) in [5, 5.41) is 20.8. The van der Waals surface area contributed by atoms with Crippen molar-refractivity contribution in [3.63, 3.8) is 0 Å². The van der Waals surface area contributed by atoms with Crippen molar-refractivity contribution >= 4 is 33.1 Å². The van der Waals surface area contributed by atoms with E-state index in [1.54, 1.807) is 8.87 Å². The summed E-state index contributed by atoms with van der Waals surface area (Å²) in [4.78, 5) is 20.8. The van der Waals surface area contributed by atoms with Crippen molar-refractivity contribution < 1.29 is 19.8 Å². The van der Waals surface area contributed by atoms with Gasteiger partial charge in [-0.1, -0.05) is 13.8 Å². The number of hydrogen-bond donors (Lipinski definition) is 0. The molecule has 0 aliphatic rings. The van der Waals surface area contributed by atoms with Crippen LogP contribution in [0.1, 0.15) is 66.2 Å². The van der Waals surface area contributed by atoms with Gasteiger partial charge in [-0.25, -0.2) is 0 Å². The fourth-order valence-corrected chi connectivity index (χ4v) is 5.80. The van der Waals surface area contributed by atoms with E-state index in [-0.39, 0.29) is 34.0 Å². The molecule has 0 amide bonds. The first-order valence-electron chi connectivity index (χ1n) is 7.56. The van der Waals surface area contributed by atoms with E-state index in [0.717, 1.165) is 0 Å². The molecular weight excluding hydrogens is 363 g/mol. The molecule has 116 valence electrons. The molecule has 0 spiro atoms. The van der Waals surface area contributed by atoms with Crippen LogP contribution < -0.4 is 10.2 Å². The molecule has 5 heteroatoms. The average Bonchev–Trinajstić information content (AvgIpc) is 2.41. The van der Waals surface area contributed by atoms with Crippen LogP contribution in [-0.2, 0) is 9.59 Å². The van der Waals surface area contributed by atoms with E-state index >= 15 is 0 Å². The van der Waals surface area contributed by atoms with Crippen molar-refractivity contribution in [2.45, 2.75) is 75.1 Å². The van der Waals surface area contributed by atoms with Gasteiger partial charge in [-0.05, 0) is 12.8 Å². The summed E-state index contributed by atoms with van der Waals surface area (Å²) < 4.78 is 3.25. The molecule has 0 aromatic heterocycles. The number of aliphatic carboxylic acids is 2. The second-order valence-electron chi connectivity index (χ2n) is 4.82. The van der Waals surface area contributed by atoms with Gasteiger partial charge in [0.15, 0.2) is 0 Å². The zero-order valence-electron chi connectivity index (χ0n) is 13.3. The van der Waals surface area contributed by atoms with Gasteiger partial charge in [-0.2, -0.15) is 0 Å². The van der Waals surface area contributed by atoms with Crippen LogP contribution in [0.3, 0.4) is 0 Å². The molecule has 4 nitrogen and oxygen atoms in total. The third-order valence-electron chi connectivity index (χ3n) is 3.40. The van der Waals surface area contributed by atoms with Crippen LogP contribution in [0, 0.1) is 5.41 Å². The second kappa shape index (κ2) is 13.7. The molecule has 0 radical (unpaired) electrons. The maximum atomic E-state index is 10.4. The van der Waals surface area contributed by atoms with E-state index in [1.807, 2.05) is 0 Å². The number of carbonyl (C=O) groups excluding carboxylic acids is 2. The minimum absolute atomic E-state index is 0.00579. The zero-order valence-corrected chi connectivity index (χ0v) is 16.1. The zero-order chi connectivity index (χ0) is 16.0. The molecule has 0 saturated heterocycles. The predicted octanol–water partition coefficient (Wildman–Crippen LogP) is 1.42. The molecule has 20 heavy (non-hydrogen) atoms. The van der Waals surface area contributed by atoms with Crippen molar-refractivity contribution in [2.75, 3.05) is 0 Å². The van der Waals surface area contributed by atoms with E-state index in [0.29, 0.717) is 0 Å². The Morgan fingerprint density at radius 3 is 1.35 bits per heavy atom. The molecular formula is C15H28O4Sn. The van der Waals surface area contributed by atoms with Crippen molar-refractivity contribution in [3.05, 3.63) is 0 Å². The first kappa shape index (κ1) is 22.0. The van der Waals surface area contributed by atoms with Gasteiger partial charge in [-0.3, -0.25) is 0 Å². The van der Waals surface area contributed by atoms with E-state index in [9.17, 15) is 19.8 Å². The Hall–Kier alpha value is -0.261. The Kier molecular flexibility index (Phi) is 15.1. The standard InChI is InChI=1S/C7H12O4.2C4H9.Sn/c1-3-7(4-2,5(8)9)6(10)11;2*1-3-4-2;/h3-4H2,1-2H3,(H,8,9)(H,10,11);2*1,3-4H2,2H3;/q;;;+2/p-2. The molecule has 0 aromatic carbocycles. The third-order valence-corrected chi connectivity index (χ3v) is 7.44. The number of carbonyl (C=O) groups is 2. The summed E-state index contributed by atoms with van der Waals surface area (Å²) in [6.45, 7) is 7.54. The van der Waals surface area contributed by atoms with Crippen LogP contribution in [-0.4, -0.2) is 33.1 Å². The van der Waals surface area contributed by atoms with Gasteiger partial charge in [-0.15, -0.1) is 0 Å². The summed E-state index contributed by atoms with van der Waals surface area (Å²) in [5.41, 5.74) is -1.81. The van der Waals surface area contributed by atoms with Crippen LogP contribution in [0.4, 0.5) is 0 Å². The van der Waals surface area contributed by atoms with Crippen molar-refractivity contribution in [1.82, 2.24) is 0 Å². The molecule has 0 aromatic rings. The number of carboxylic acid groups (broad SMARTS) is 2. The molecule has 0 heterocycles. The third kappa shape index (κ3) is 8.82. The van der Waals surface area contributed by atoms with Gasteiger partial charge in [0.05, 0.1) is 11.9 Å². The van der Waals surface area contributed by atoms with Gasteiger partial charge < -0.3 is 19.8 Å². The van der Waals surface area contributed by atoms with Crippen molar-refractivity contribution in [3.8, 4) is 0 Å². The van der Waals surface area contributed by atoms with E-state index < -0.39 is 17.4 Å². The normalized spacial score (nSPS) is 10.2. The van der Waals surface area contributed by atoms with E-state index in [2.05, 4.69) is 13.8 Å². The van der Waals surface area contributed by atoms with Crippen molar-refractivity contribution in [2.24, 2.45) is 5.41 Å². The Balaban J connectivity index is 0. The molecule has 0 unspecified atom stereocenters. The predicted molar refractivity (Wildman–Crippen MR) is 78.2 cm³/mol. The van der Waals surface area contributed by atoms with E-state index in [1.165, 1.54) is 39.5 Å². The SMILES string of the molecule is CCC(CC)(C(=O)[O-])C(=O)[O-].CCC[CH2][Sn+2][CH2]CCC. The Labute approximate surface area is 133 Å². The van der Waals surface area contributed by atoms with Crippen LogP contribution in [0.25, 0.3) is 0 Å². The molecule has 0 aliphatic carbocycles. The molecule has 0 aliphatic heterocycles. The fourth-order valence-electron chi connectivity index (χ4n) is 1.64. The first-order valence-corrected chi connectivity index (χ1v) is 11.6. The van der Waals surface area contributed by atoms with Gasteiger partial charge >= 0.3 is 69.5 Å². The molecule has 0 rings (SSSR count). The first-order chi connectivity index (χ1) is 9.42. The topological polar surface area (TPSA) is 80.3 Å². The number of carboxylic acids is 2. The molecule has 0 N–H and O–H groups in total. The Morgan fingerprint density at radius 2 is 1.20 bits per heavy atom. The number of hydrogen-bond acceptors (Lipinski definition) is 4. The summed E-state index contributed by atoms with van der Waals surface area (Å²) in [6.07, 6.45) is 5.83. The molecule has 0 bridgehead atoms. The second-order valence-corrected chi connectivity index (χ2v) is 9.10. The van der Waals surface area contributed by atoms with Gasteiger partial charge in [0.2, 0.25) is 0 Å². The summed E-state index contributed by atoms with van der Waals surface area (Å²) in [6, 6.07) is 0. The Bertz CT molecular complexity index is 241. The fraction of sp³-hybridized carbons (Fsp3) is 0.867. The summed E-state index contributed by atoms with van der Waals surface area (Å²) in [7, 11) is 0. The minimum atomic E-state index is -1.81. The summed E-state index contributed by atoms with van der Waals surface area (Å²) in [5.74, 6) is -3.13. The number of rotatable bonds is 10. The van der Waals surface area contributed by atoms with Gasteiger partial charge in [0.25, 0.3) is 0 Å². The van der Waals surface area contributed by atoms with Crippen molar-refractivity contribution in [1.29, 1.82) is 0 Å². The molecule has 0 fully saturated rings. The number of unbranched alkanes of at least 4 members (excludes halogenated alkanes) is 2.